The van der Waals surface area contributed by atoms with Crippen LogP contribution in [0.3, 0.4) is 0 Å². The van der Waals surface area contributed by atoms with Crippen LogP contribution in [0.5, 0.6) is 0 Å². The summed E-state index contributed by atoms with van der Waals surface area (Å²) in [6.07, 6.45) is 0.748. The molecule has 3 aromatic rings. The number of halogens is 3. The predicted octanol–water partition coefficient (Wildman–Crippen LogP) is 3.87. The molecule has 2 aromatic heterocycles. The lowest BCUT2D eigenvalue weighted by molar-refractivity contribution is -0.653. The van der Waals surface area contributed by atoms with Crippen LogP contribution in [0, 0.1) is 30.6 Å². The van der Waals surface area contributed by atoms with Crippen molar-refractivity contribution in [1.82, 2.24) is 4.98 Å². The van der Waals surface area contributed by atoms with E-state index < -0.39 is 16.8 Å². The number of benzene rings is 1. The molecule has 0 N–H and O–H groups in total. The molecule has 0 fully saturated rings. The van der Waals surface area contributed by atoms with Gasteiger partial charge in [-0.25, -0.2) is 13.8 Å². The molecule has 0 spiro atoms. The third-order valence-electron chi connectivity index (χ3n) is 3.93. The minimum atomic E-state index is -1.13. The zero-order valence-corrected chi connectivity index (χ0v) is 13.0. The van der Waals surface area contributed by atoms with Crippen molar-refractivity contribution in [3.05, 3.63) is 33.7 Å². The second-order valence-electron chi connectivity index (χ2n) is 5.09. The first-order valence-electron chi connectivity index (χ1n) is 6.63. The van der Waals surface area contributed by atoms with Gasteiger partial charge in [-0.05, 0) is 13.8 Å². The Bertz CT molecular complexity index is 900. The second kappa shape index (κ2) is 4.66. The van der Waals surface area contributed by atoms with Gasteiger partial charge in [0.2, 0.25) is 16.3 Å². The largest absolute Gasteiger partial charge is 0.238 e. The summed E-state index contributed by atoms with van der Waals surface area (Å²) in [5.41, 5.74) is 3.00. The van der Waals surface area contributed by atoms with E-state index in [1.807, 2.05) is 18.5 Å². The molecule has 0 aliphatic carbocycles. The van der Waals surface area contributed by atoms with Crippen LogP contribution >= 0.6 is 11.3 Å². The van der Waals surface area contributed by atoms with Crippen molar-refractivity contribution in [3.63, 3.8) is 0 Å². The molecule has 0 unspecified atom stereocenters. The molecule has 6 heteroatoms. The average Bonchev–Trinajstić information content (AvgIpc) is 2.73. The molecule has 2 nitrogen and oxygen atoms in total. The van der Waals surface area contributed by atoms with Crippen molar-refractivity contribution in [3.8, 4) is 0 Å². The number of fused-ring (bicyclic) bond motifs is 2. The Balaban J connectivity index is 2.65. The summed E-state index contributed by atoms with van der Waals surface area (Å²) in [6.45, 7) is 5.53. The predicted molar refractivity (Wildman–Crippen MR) is 77.0 cm³/mol. The molecule has 0 radical (unpaired) electrons. The maximum Gasteiger partial charge on any atom is 0.238 e. The van der Waals surface area contributed by atoms with E-state index in [9.17, 15) is 13.2 Å². The number of rotatable bonds is 1. The average molecular weight is 311 g/mol. The Morgan fingerprint density at radius 2 is 1.81 bits per heavy atom. The third-order valence-corrected chi connectivity index (χ3v) is 5.00. The van der Waals surface area contributed by atoms with E-state index in [0.717, 1.165) is 12.1 Å². The molecule has 110 valence electrons. The minimum Gasteiger partial charge on any atom is -0.237 e. The van der Waals surface area contributed by atoms with Gasteiger partial charge in [-0.3, -0.25) is 0 Å². The summed E-state index contributed by atoms with van der Waals surface area (Å²) >= 11 is 0.638. The van der Waals surface area contributed by atoms with Gasteiger partial charge in [0, 0.05) is 12.0 Å². The highest BCUT2D eigenvalue weighted by atomic mass is 32.1. The van der Waals surface area contributed by atoms with Crippen molar-refractivity contribution in [1.29, 1.82) is 0 Å². The molecule has 2 heterocycles. The minimum absolute atomic E-state index is 0.0916. The Hall–Kier alpha value is -1.69. The van der Waals surface area contributed by atoms with Crippen LogP contribution in [0.1, 0.15) is 23.9 Å². The zero-order chi connectivity index (χ0) is 15.5. The van der Waals surface area contributed by atoms with E-state index in [4.69, 9.17) is 0 Å². The van der Waals surface area contributed by atoms with E-state index in [1.54, 1.807) is 13.8 Å². The Morgan fingerprint density at radius 1 is 1.14 bits per heavy atom. The Morgan fingerprint density at radius 3 is 2.43 bits per heavy atom. The van der Waals surface area contributed by atoms with Gasteiger partial charge in [-0.1, -0.05) is 6.92 Å². The fraction of sp³-hybridized carbons (Fsp3) is 0.333. The first-order valence-corrected chi connectivity index (χ1v) is 7.44. The number of aromatic nitrogens is 2. The molecular weight excluding hydrogens is 297 g/mol. The van der Waals surface area contributed by atoms with Crippen LogP contribution < -0.4 is 4.57 Å². The fourth-order valence-electron chi connectivity index (χ4n) is 2.97. The van der Waals surface area contributed by atoms with Crippen LogP contribution in [0.2, 0.25) is 0 Å². The van der Waals surface area contributed by atoms with E-state index in [1.165, 1.54) is 0 Å². The van der Waals surface area contributed by atoms with Crippen molar-refractivity contribution < 1.29 is 17.7 Å². The van der Waals surface area contributed by atoms with Crippen molar-refractivity contribution >= 4 is 32.5 Å². The molecular formula is C15H14F3N2S+. The van der Waals surface area contributed by atoms with Gasteiger partial charge in [0.25, 0.3) is 0 Å². The second-order valence-corrected chi connectivity index (χ2v) is 6.06. The molecule has 3 rings (SSSR count). The molecule has 1 aromatic carbocycles. The summed E-state index contributed by atoms with van der Waals surface area (Å²) in [5.74, 6) is -1.91. The SMILES string of the molecule is CCc1c(C)nc2c(F)c3c(F)c(F)sc3c(C)c2[n+]1C. The van der Waals surface area contributed by atoms with Crippen LogP contribution in [0.15, 0.2) is 0 Å². The van der Waals surface area contributed by atoms with Gasteiger partial charge in [0.1, 0.15) is 12.7 Å². The smallest absolute Gasteiger partial charge is 0.237 e. The molecule has 0 atom stereocenters. The lowest BCUT2D eigenvalue weighted by Gasteiger charge is -2.08. The van der Waals surface area contributed by atoms with Gasteiger partial charge in [0.15, 0.2) is 17.2 Å². The van der Waals surface area contributed by atoms with Crippen LogP contribution in [0.4, 0.5) is 13.2 Å². The van der Waals surface area contributed by atoms with Gasteiger partial charge >= 0.3 is 0 Å². The topological polar surface area (TPSA) is 16.8 Å². The molecule has 0 aliphatic rings. The lowest BCUT2D eigenvalue weighted by Crippen LogP contribution is -2.37. The van der Waals surface area contributed by atoms with Crippen LogP contribution in [0.25, 0.3) is 21.1 Å². The van der Waals surface area contributed by atoms with Crippen LogP contribution in [-0.2, 0) is 13.5 Å². The molecule has 0 saturated carbocycles. The normalized spacial score (nSPS) is 11.8. The molecule has 0 bridgehead atoms. The van der Waals surface area contributed by atoms with Gasteiger partial charge in [-0.2, -0.15) is 8.96 Å². The van der Waals surface area contributed by atoms with Crippen molar-refractivity contribution in [2.45, 2.75) is 27.2 Å². The van der Waals surface area contributed by atoms with E-state index in [-0.39, 0.29) is 10.9 Å². The highest BCUT2D eigenvalue weighted by molar-refractivity contribution is 7.17. The highest BCUT2D eigenvalue weighted by Gasteiger charge is 2.28. The fourth-order valence-corrected chi connectivity index (χ4v) is 3.87. The van der Waals surface area contributed by atoms with Crippen molar-refractivity contribution in [2.75, 3.05) is 0 Å². The number of thiophene rings is 1. The molecule has 0 saturated heterocycles. The third kappa shape index (κ3) is 1.78. The zero-order valence-electron chi connectivity index (χ0n) is 12.1. The van der Waals surface area contributed by atoms with E-state index >= 15 is 0 Å². The standard InChI is InChI=1S/C15H14F3N2S/c1-5-8-7(3)19-12-10(16)9-11(17)15(18)21-14(9)6(2)13(12)20(8)4/h5H2,1-4H3/q+1. The molecule has 0 amide bonds. The Kier molecular flexibility index (Phi) is 3.16. The maximum absolute atomic E-state index is 14.6. The van der Waals surface area contributed by atoms with E-state index in [0.29, 0.717) is 32.8 Å². The van der Waals surface area contributed by atoms with Gasteiger partial charge in [-0.15, -0.1) is 11.3 Å². The number of aryl methyl sites for hydroxylation is 3. The van der Waals surface area contributed by atoms with Crippen molar-refractivity contribution in [2.24, 2.45) is 7.05 Å². The van der Waals surface area contributed by atoms with Gasteiger partial charge in [0.05, 0.1) is 10.1 Å². The van der Waals surface area contributed by atoms with E-state index in [2.05, 4.69) is 4.98 Å². The number of hydrogen-bond donors (Lipinski definition) is 0. The van der Waals surface area contributed by atoms with Gasteiger partial charge < -0.3 is 0 Å². The maximum atomic E-state index is 14.6. The summed E-state index contributed by atoms with van der Waals surface area (Å²) in [7, 11) is 1.83. The lowest BCUT2D eigenvalue weighted by atomic mass is 10.1. The first-order chi connectivity index (χ1) is 9.88. The summed E-state index contributed by atoms with van der Waals surface area (Å²) in [4.78, 5) is 4.29. The number of nitrogens with zero attached hydrogens (tertiary/aromatic N) is 2. The quantitative estimate of drug-likeness (QED) is 0.623. The first kappa shape index (κ1) is 14.3. The molecule has 21 heavy (non-hydrogen) atoms. The van der Waals surface area contributed by atoms with Crippen LogP contribution in [-0.4, -0.2) is 4.98 Å². The summed E-state index contributed by atoms with van der Waals surface area (Å²) < 4.78 is 44.2. The summed E-state index contributed by atoms with van der Waals surface area (Å²) in [6, 6.07) is 0. The number of hydrogen-bond acceptors (Lipinski definition) is 2. The highest BCUT2D eigenvalue weighted by Crippen LogP contribution is 2.37. The summed E-state index contributed by atoms with van der Waals surface area (Å²) in [5, 5.41) is -1.28. The molecule has 0 aliphatic heterocycles. The monoisotopic (exact) mass is 311 g/mol. The Labute approximate surface area is 123 Å².